The van der Waals surface area contributed by atoms with Gasteiger partial charge in [0.25, 0.3) is 0 Å². The zero-order valence-corrected chi connectivity index (χ0v) is 6.24. The molecular formula is C7H15N3. The van der Waals surface area contributed by atoms with Gasteiger partial charge in [0, 0.05) is 12.1 Å². The molecule has 0 aromatic carbocycles. The van der Waals surface area contributed by atoms with Crippen LogP contribution in [0.2, 0.25) is 0 Å². The van der Waals surface area contributed by atoms with E-state index in [9.17, 15) is 0 Å². The summed E-state index contributed by atoms with van der Waals surface area (Å²) in [7, 11) is 0. The summed E-state index contributed by atoms with van der Waals surface area (Å²) in [4.78, 5) is 0. The minimum atomic E-state index is 0.450. The molecule has 2 fully saturated rings. The molecule has 0 radical (unpaired) electrons. The summed E-state index contributed by atoms with van der Waals surface area (Å²) in [5.41, 5.74) is 7.04. The fourth-order valence-electron chi connectivity index (χ4n) is 1.89. The van der Waals surface area contributed by atoms with E-state index in [4.69, 9.17) is 0 Å². The molecule has 3 nitrogen and oxygen atoms in total. The number of piperidine rings is 1. The van der Waals surface area contributed by atoms with Crippen molar-refractivity contribution in [1.29, 1.82) is 0 Å². The van der Waals surface area contributed by atoms with Crippen LogP contribution in [-0.4, -0.2) is 25.2 Å². The lowest BCUT2D eigenvalue weighted by molar-refractivity contribution is 0.266. The van der Waals surface area contributed by atoms with Gasteiger partial charge < -0.3 is 5.32 Å². The molecule has 1 spiro atoms. The molecule has 0 aliphatic carbocycles. The van der Waals surface area contributed by atoms with Crippen LogP contribution in [0.25, 0.3) is 0 Å². The van der Waals surface area contributed by atoms with Crippen molar-refractivity contribution in [3.63, 3.8) is 0 Å². The molecule has 10 heavy (non-hydrogen) atoms. The maximum atomic E-state index is 3.38. The van der Waals surface area contributed by atoms with E-state index in [-0.39, 0.29) is 0 Å². The highest BCUT2D eigenvalue weighted by Crippen LogP contribution is 2.23. The SMILES string of the molecule is C1CC2(CCN1)CCNN2. The Hall–Kier alpha value is -0.120. The highest BCUT2D eigenvalue weighted by Gasteiger charge is 2.34. The fraction of sp³-hybridized carbons (Fsp3) is 1.00. The van der Waals surface area contributed by atoms with E-state index < -0.39 is 0 Å². The summed E-state index contributed by atoms with van der Waals surface area (Å²) in [5, 5.41) is 3.37. The summed E-state index contributed by atoms with van der Waals surface area (Å²) >= 11 is 0. The van der Waals surface area contributed by atoms with E-state index in [2.05, 4.69) is 16.2 Å². The van der Waals surface area contributed by atoms with Crippen molar-refractivity contribution < 1.29 is 0 Å². The van der Waals surface area contributed by atoms with Gasteiger partial charge in [0.2, 0.25) is 0 Å². The molecule has 2 aliphatic heterocycles. The first kappa shape index (κ1) is 6.58. The Balaban J connectivity index is 1.98. The van der Waals surface area contributed by atoms with Crippen molar-refractivity contribution >= 4 is 0 Å². The van der Waals surface area contributed by atoms with Crippen LogP contribution in [-0.2, 0) is 0 Å². The molecule has 2 rings (SSSR count). The third-order valence-electron chi connectivity index (χ3n) is 2.64. The van der Waals surface area contributed by atoms with Crippen molar-refractivity contribution in [1.82, 2.24) is 16.2 Å². The van der Waals surface area contributed by atoms with Crippen molar-refractivity contribution in [3.8, 4) is 0 Å². The van der Waals surface area contributed by atoms with Gasteiger partial charge in [-0.3, -0.25) is 10.9 Å². The first-order valence-electron chi connectivity index (χ1n) is 4.12. The third-order valence-corrected chi connectivity index (χ3v) is 2.64. The summed E-state index contributed by atoms with van der Waals surface area (Å²) in [6, 6.07) is 0. The van der Waals surface area contributed by atoms with Crippen molar-refractivity contribution in [2.75, 3.05) is 19.6 Å². The second-order valence-electron chi connectivity index (χ2n) is 3.33. The van der Waals surface area contributed by atoms with Crippen molar-refractivity contribution in [3.05, 3.63) is 0 Å². The number of hydrogen-bond acceptors (Lipinski definition) is 3. The predicted octanol–water partition coefficient (Wildman–Crippen LogP) is -0.393. The van der Waals surface area contributed by atoms with Gasteiger partial charge in [-0.05, 0) is 32.4 Å². The second-order valence-corrected chi connectivity index (χ2v) is 3.33. The minimum Gasteiger partial charge on any atom is -0.317 e. The molecule has 0 aromatic rings. The molecule has 3 heteroatoms. The maximum Gasteiger partial charge on any atom is 0.0360 e. The molecule has 2 heterocycles. The summed E-state index contributed by atoms with van der Waals surface area (Å²) in [6.07, 6.45) is 3.86. The molecule has 0 atom stereocenters. The van der Waals surface area contributed by atoms with Crippen LogP contribution in [0.4, 0.5) is 0 Å². The van der Waals surface area contributed by atoms with Crippen molar-refractivity contribution in [2.45, 2.75) is 24.8 Å². The van der Waals surface area contributed by atoms with Crippen LogP contribution < -0.4 is 16.2 Å². The second kappa shape index (κ2) is 2.49. The minimum absolute atomic E-state index is 0.450. The van der Waals surface area contributed by atoms with Gasteiger partial charge in [-0.1, -0.05) is 0 Å². The van der Waals surface area contributed by atoms with Gasteiger partial charge in [0.15, 0.2) is 0 Å². The standard InChI is InChI=1S/C7H15N3/c1-4-8-5-2-7(1)3-6-9-10-7/h8-10H,1-6H2. The molecule has 3 N–H and O–H groups in total. The predicted molar refractivity (Wildman–Crippen MR) is 40.6 cm³/mol. The van der Waals surface area contributed by atoms with Gasteiger partial charge in [0.1, 0.15) is 0 Å². The van der Waals surface area contributed by atoms with Gasteiger partial charge in [-0.15, -0.1) is 0 Å². The molecule has 0 unspecified atom stereocenters. The average molecular weight is 141 g/mol. The van der Waals surface area contributed by atoms with E-state index in [0.29, 0.717) is 5.54 Å². The Morgan fingerprint density at radius 2 is 1.60 bits per heavy atom. The number of hydrogen-bond donors (Lipinski definition) is 3. The van der Waals surface area contributed by atoms with Gasteiger partial charge in [-0.25, -0.2) is 0 Å². The zero-order chi connectivity index (χ0) is 6.86. The van der Waals surface area contributed by atoms with Crippen LogP contribution in [0.3, 0.4) is 0 Å². The largest absolute Gasteiger partial charge is 0.317 e. The van der Waals surface area contributed by atoms with Gasteiger partial charge in [-0.2, -0.15) is 0 Å². The molecule has 0 aromatic heterocycles. The smallest absolute Gasteiger partial charge is 0.0360 e. The lowest BCUT2D eigenvalue weighted by Crippen LogP contribution is -2.50. The fourth-order valence-corrected chi connectivity index (χ4v) is 1.89. The van der Waals surface area contributed by atoms with Crippen LogP contribution in [0.15, 0.2) is 0 Å². The Kier molecular flexibility index (Phi) is 1.64. The highest BCUT2D eigenvalue weighted by molar-refractivity contribution is 4.94. The molecule has 2 saturated heterocycles. The van der Waals surface area contributed by atoms with E-state index >= 15 is 0 Å². The summed E-state index contributed by atoms with van der Waals surface area (Å²) < 4.78 is 0. The Bertz CT molecular complexity index is 110. The molecule has 0 saturated carbocycles. The Labute approximate surface area is 61.5 Å². The van der Waals surface area contributed by atoms with E-state index in [1.807, 2.05) is 0 Å². The number of nitrogens with one attached hydrogen (secondary N) is 3. The number of hydrazine groups is 1. The van der Waals surface area contributed by atoms with E-state index in [1.165, 1.54) is 32.4 Å². The average Bonchev–Trinajstić information content (AvgIpc) is 2.39. The Morgan fingerprint density at radius 1 is 0.900 bits per heavy atom. The molecular weight excluding hydrogens is 126 g/mol. The summed E-state index contributed by atoms with van der Waals surface area (Å²) in [6.45, 7) is 3.49. The molecule has 0 bridgehead atoms. The Morgan fingerprint density at radius 3 is 2.20 bits per heavy atom. The van der Waals surface area contributed by atoms with Gasteiger partial charge in [0.05, 0.1) is 0 Å². The van der Waals surface area contributed by atoms with Crippen LogP contribution in [0, 0.1) is 0 Å². The topological polar surface area (TPSA) is 36.1 Å². The van der Waals surface area contributed by atoms with Gasteiger partial charge >= 0.3 is 0 Å². The first-order chi connectivity index (χ1) is 4.91. The number of rotatable bonds is 0. The lowest BCUT2D eigenvalue weighted by Gasteiger charge is -2.33. The van der Waals surface area contributed by atoms with E-state index in [1.54, 1.807) is 0 Å². The first-order valence-corrected chi connectivity index (χ1v) is 4.12. The lowest BCUT2D eigenvalue weighted by atomic mass is 9.87. The molecule has 58 valence electrons. The normalized spacial score (nSPS) is 31.2. The molecule has 2 aliphatic rings. The van der Waals surface area contributed by atoms with E-state index in [0.717, 1.165) is 6.54 Å². The van der Waals surface area contributed by atoms with Crippen LogP contribution >= 0.6 is 0 Å². The maximum absolute atomic E-state index is 3.38. The van der Waals surface area contributed by atoms with Crippen LogP contribution in [0.1, 0.15) is 19.3 Å². The summed E-state index contributed by atoms with van der Waals surface area (Å²) in [5.74, 6) is 0. The highest BCUT2D eigenvalue weighted by atomic mass is 15.4. The third kappa shape index (κ3) is 1.05. The monoisotopic (exact) mass is 141 g/mol. The van der Waals surface area contributed by atoms with Crippen molar-refractivity contribution in [2.24, 2.45) is 0 Å². The quantitative estimate of drug-likeness (QED) is 0.430. The van der Waals surface area contributed by atoms with Crippen LogP contribution in [0.5, 0.6) is 0 Å². The molecule has 0 amide bonds. The zero-order valence-electron chi connectivity index (χ0n) is 6.24.